The predicted molar refractivity (Wildman–Crippen MR) is 86.3 cm³/mol. The van der Waals surface area contributed by atoms with Gasteiger partial charge in [0.1, 0.15) is 5.75 Å². The average molecular weight is 297 g/mol. The number of carbonyl (C=O) groups is 1. The van der Waals surface area contributed by atoms with Crippen molar-refractivity contribution < 1.29 is 14.6 Å². The molecule has 0 radical (unpaired) electrons. The van der Waals surface area contributed by atoms with Gasteiger partial charge in [0, 0.05) is 19.7 Å². The second-order valence-electron chi connectivity index (χ2n) is 4.81. The summed E-state index contributed by atoms with van der Waals surface area (Å²) in [6, 6.07) is 16.4. The Bertz CT molecular complexity index is 621. The number of benzene rings is 2. The molecule has 2 aromatic rings. The molecule has 0 saturated carbocycles. The van der Waals surface area contributed by atoms with E-state index in [1.54, 1.807) is 37.5 Å². The normalized spacial score (nSPS) is 12.2. The molecule has 22 heavy (non-hydrogen) atoms. The number of amides is 1. The van der Waals surface area contributed by atoms with E-state index in [1.807, 2.05) is 30.3 Å². The first kappa shape index (κ1) is 15.8. The molecule has 1 unspecified atom stereocenters. The van der Waals surface area contributed by atoms with Crippen molar-refractivity contribution in [1.29, 1.82) is 0 Å². The van der Waals surface area contributed by atoms with Crippen LogP contribution in [0.2, 0.25) is 0 Å². The molecule has 0 aliphatic heterocycles. The number of hydrogen-bond donors (Lipinski definition) is 2. The Kier molecular flexibility index (Phi) is 5.74. The van der Waals surface area contributed by atoms with Crippen molar-refractivity contribution in [2.75, 3.05) is 13.7 Å². The molecule has 4 heteroatoms. The van der Waals surface area contributed by atoms with E-state index < -0.39 is 0 Å². The summed E-state index contributed by atoms with van der Waals surface area (Å²) >= 11 is 0. The van der Waals surface area contributed by atoms with Crippen LogP contribution in [-0.4, -0.2) is 24.7 Å². The van der Waals surface area contributed by atoms with Crippen LogP contribution in [0.25, 0.3) is 6.08 Å². The highest BCUT2D eigenvalue weighted by molar-refractivity contribution is 5.91. The van der Waals surface area contributed by atoms with Crippen molar-refractivity contribution in [2.45, 2.75) is 6.10 Å². The summed E-state index contributed by atoms with van der Waals surface area (Å²) in [7, 11) is 1.59. The molecule has 2 rings (SSSR count). The van der Waals surface area contributed by atoms with Crippen LogP contribution in [0.3, 0.4) is 0 Å². The molecule has 4 nitrogen and oxygen atoms in total. The molecule has 0 aromatic heterocycles. The van der Waals surface area contributed by atoms with Crippen LogP contribution in [0.5, 0.6) is 5.75 Å². The van der Waals surface area contributed by atoms with Crippen LogP contribution >= 0.6 is 0 Å². The maximum absolute atomic E-state index is 11.8. The van der Waals surface area contributed by atoms with E-state index in [0.717, 1.165) is 11.1 Å². The van der Waals surface area contributed by atoms with Crippen LogP contribution in [0.15, 0.2) is 60.7 Å². The fourth-order valence-corrected chi connectivity index (χ4v) is 2.01. The van der Waals surface area contributed by atoms with Gasteiger partial charge in [0.05, 0.1) is 6.10 Å². The van der Waals surface area contributed by atoms with Crippen molar-refractivity contribution in [3.63, 3.8) is 0 Å². The summed E-state index contributed by atoms with van der Waals surface area (Å²) in [5, 5.41) is 12.1. The van der Waals surface area contributed by atoms with Crippen molar-refractivity contribution in [3.8, 4) is 5.75 Å². The molecule has 0 bridgehead atoms. The fraction of sp³-hybridized carbons (Fsp3) is 0.167. The summed E-state index contributed by atoms with van der Waals surface area (Å²) in [5.74, 6) is 0.0260. The second kappa shape index (κ2) is 8.00. The third-order valence-electron chi connectivity index (χ3n) is 3.24. The Labute approximate surface area is 130 Å². The standard InChI is InChI=1S/C18H19NO3/c1-22-17(15-8-10-16(20)11-9-15)13-19-18(21)12-7-14-5-3-2-4-6-14/h2-12,17,20H,13H2,1H3,(H,19,21). The van der Waals surface area contributed by atoms with Gasteiger partial charge in [-0.3, -0.25) is 4.79 Å². The Morgan fingerprint density at radius 2 is 1.86 bits per heavy atom. The Balaban J connectivity index is 1.89. The lowest BCUT2D eigenvalue weighted by molar-refractivity contribution is -0.117. The van der Waals surface area contributed by atoms with Crippen molar-refractivity contribution in [2.24, 2.45) is 0 Å². The maximum atomic E-state index is 11.8. The summed E-state index contributed by atoms with van der Waals surface area (Å²) in [5.41, 5.74) is 1.87. The summed E-state index contributed by atoms with van der Waals surface area (Å²) in [4.78, 5) is 11.8. The third-order valence-corrected chi connectivity index (χ3v) is 3.24. The SMILES string of the molecule is COC(CNC(=O)C=Cc1ccccc1)c1ccc(O)cc1. The van der Waals surface area contributed by atoms with Crippen LogP contribution in [0.1, 0.15) is 17.2 Å². The van der Waals surface area contributed by atoms with Crippen LogP contribution in [-0.2, 0) is 9.53 Å². The van der Waals surface area contributed by atoms with E-state index in [9.17, 15) is 9.90 Å². The molecule has 0 spiro atoms. The molecule has 0 heterocycles. The minimum Gasteiger partial charge on any atom is -0.508 e. The van der Waals surface area contributed by atoms with Gasteiger partial charge < -0.3 is 15.2 Å². The number of rotatable bonds is 6. The van der Waals surface area contributed by atoms with Crippen LogP contribution in [0.4, 0.5) is 0 Å². The zero-order valence-corrected chi connectivity index (χ0v) is 12.4. The Hall–Kier alpha value is -2.59. The number of phenolic OH excluding ortho intramolecular Hbond substituents is 1. The van der Waals surface area contributed by atoms with E-state index in [2.05, 4.69) is 5.32 Å². The van der Waals surface area contributed by atoms with E-state index in [1.165, 1.54) is 6.08 Å². The lowest BCUT2D eigenvalue weighted by Crippen LogP contribution is -2.27. The molecule has 0 fully saturated rings. The summed E-state index contributed by atoms with van der Waals surface area (Å²) in [6.07, 6.45) is 3.01. The maximum Gasteiger partial charge on any atom is 0.244 e. The highest BCUT2D eigenvalue weighted by Gasteiger charge is 2.11. The number of methoxy groups -OCH3 is 1. The number of aromatic hydroxyl groups is 1. The Morgan fingerprint density at radius 3 is 2.50 bits per heavy atom. The average Bonchev–Trinajstić information content (AvgIpc) is 2.56. The number of nitrogens with one attached hydrogen (secondary N) is 1. The molecule has 0 aliphatic carbocycles. The van der Waals surface area contributed by atoms with Gasteiger partial charge in [0.2, 0.25) is 5.91 Å². The number of hydrogen-bond acceptors (Lipinski definition) is 3. The van der Waals surface area contributed by atoms with Gasteiger partial charge in [0.25, 0.3) is 0 Å². The van der Waals surface area contributed by atoms with Crippen LogP contribution < -0.4 is 5.32 Å². The molecule has 0 aliphatic rings. The van der Waals surface area contributed by atoms with Gasteiger partial charge in [0.15, 0.2) is 0 Å². The quantitative estimate of drug-likeness (QED) is 0.806. The smallest absolute Gasteiger partial charge is 0.244 e. The first-order valence-corrected chi connectivity index (χ1v) is 7.01. The minimum atomic E-state index is -0.255. The summed E-state index contributed by atoms with van der Waals surface area (Å²) < 4.78 is 5.37. The molecular formula is C18H19NO3. The van der Waals surface area contributed by atoms with Gasteiger partial charge in [-0.15, -0.1) is 0 Å². The van der Waals surface area contributed by atoms with Crippen molar-refractivity contribution in [1.82, 2.24) is 5.32 Å². The topological polar surface area (TPSA) is 58.6 Å². The van der Waals surface area contributed by atoms with Crippen molar-refractivity contribution in [3.05, 3.63) is 71.8 Å². The van der Waals surface area contributed by atoms with Gasteiger partial charge >= 0.3 is 0 Å². The van der Waals surface area contributed by atoms with E-state index in [-0.39, 0.29) is 17.8 Å². The molecular weight excluding hydrogens is 278 g/mol. The molecule has 2 aromatic carbocycles. The van der Waals surface area contributed by atoms with E-state index in [4.69, 9.17) is 4.74 Å². The fourth-order valence-electron chi connectivity index (χ4n) is 2.01. The number of phenols is 1. The zero-order chi connectivity index (χ0) is 15.8. The zero-order valence-electron chi connectivity index (χ0n) is 12.4. The molecule has 2 N–H and O–H groups in total. The van der Waals surface area contributed by atoms with Gasteiger partial charge in [-0.25, -0.2) is 0 Å². The summed E-state index contributed by atoms with van der Waals surface area (Å²) in [6.45, 7) is 0.360. The van der Waals surface area contributed by atoms with Crippen molar-refractivity contribution >= 4 is 12.0 Å². The van der Waals surface area contributed by atoms with Crippen LogP contribution in [0, 0.1) is 0 Å². The predicted octanol–water partition coefficient (Wildman–Crippen LogP) is 2.91. The lowest BCUT2D eigenvalue weighted by Gasteiger charge is -2.16. The van der Waals surface area contributed by atoms with Gasteiger partial charge in [-0.1, -0.05) is 42.5 Å². The second-order valence-corrected chi connectivity index (χ2v) is 4.81. The molecule has 0 saturated heterocycles. The Morgan fingerprint density at radius 1 is 1.18 bits per heavy atom. The highest BCUT2D eigenvalue weighted by atomic mass is 16.5. The first-order valence-electron chi connectivity index (χ1n) is 7.01. The number of ether oxygens (including phenoxy) is 1. The molecule has 114 valence electrons. The lowest BCUT2D eigenvalue weighted by atomic mass is 10.1. The minimum absolute atomic E-state index is 0.176. The van der Waals surface area contributed by atoms with E-state index >= 15 is 0 Å². The largest absolute Gasteiger partial charge is 0.508 e. The van der Waals surface area contributed by atoms with Gasteiger partial charge in [-0.2, -0.15) is 0 Å². The monoisotopic (exact) mass is 297 g/mol. The number of carbonyl (C=O) groups excluding carboxylic acids is 1. The molecule has 1 atom stereocenters. The highest BCUT2D eigenvalue weighted by Crippen LogP contribution is 2.18. The van der Waals surface area contributed by atoms with E-state index in [0.29, 0.717) is 6.54 Å². The third kappa shape index (κ3) is 4.75. The van der Waals surface area contributed by atoms with Gasteiger partial charge in [-0.05, 0) is 29.3 Å². The first-order chi connectivity index (χ1) is 10.7. The molecule has 1 amide bonds.